The first-order chi connectivity index (χ1) is 15.3. The van der Waals surface area contributed by atoms with Crippen LogP contribution in [0.15, 0.2) is 24.3 Å². The summed E-state index contributed by atoms with van der Waals surface area (Å²) >= 11 is 0. The summed E-state index contributed by atoms with van der Waals surface area (Å²) in [5, 5.41) is 0. The molecule has 6 nitrogen and oxygen atoms in total. The van der Waals surface area contributed by atoms with Crippen molar-refractivity contribution in [3.8, 4) is 0 Å². The molecule has 1 unspecified atom stereocenters. The quantitative estimate of drug-likeness (QED) is 0.354. The van der Waals surface area contributed by atoms with Crippen molar-refractivity contribution >= 4 is 5.97 Å². The Morgan fingerprint density at radius 2 is 1.94 bits per heavy atom. The van der Waals surface area contributed by atoms with Gasteiger partial charge in [0.2, 0.25) is 5.79 Å². The number of benzene rings is 1. The van der Waals surface area contributed by atoms with Crippen LogP contribution in [0.1, 0.15) is 75.2 Å². The van der Waals surface area contributed by atoms with E-state index >= 15 is 0 Å². The van der Waals surface area contributed by atoms with Crippen molar-refractivity contribution < 1.29 is 28.8 Å². The van der Waals surface area contributed by atoms with E-state index in [0.29, 0.717) is 35.8 Å². The van der Waals surface area contributed by atoms with Gasteiger partial charge in [-0.1, -0.05) is 32.0 Å². The van der Waals surface area contributed by atoms with E-state index in [1.165, 1.54) is 6.42 Å². The summed E-state index contributed by atoms with van der Waals surface area (Å²) < 4.78 is 18.6. The molecule has 1 aromatic rings. The molecule has 0 amide bonds. The fourth-order valence-corrected chi connectivity index (χ4v) is 6.64. The highest BCUT2D eigenvalue weighted by Crippen LogP contribution is 2.60. The van der Waals surface area contributed by atoms with E-state index in [0.717, 1.165) is 37.7 Å². The van der Waals surface area contributed by atoms with Crippen LogP contribution in [0.5, 0.6) is 0 Å². The van der Waals surface area contributed by atoms with E-state index in [-0.39, 0.29) is 12.1 Å². The molecule has 1 aliphatic carbocycles. The number of hydrogen-bond donors (Lipinski definition) is 0. The average molecular weight is 445 g/mol. The van der Waals surface area contributed by atoms with Gasteiger partial charge in [0, 0.05) is 12.3 Å². The minimum Gasteiger partial charge on any atom is -0.462 e. The van der Waals surface area contributed by atoms with Gasteiger partial charge in [-0.05, 0) is 75.3 Å². The van der Waals surface area contributed by atoms with E-state index in [1.54, 1.807) is 0 Å². The second kappa shape index (κ2) is 8.39. The first kappa shape index (κ1) is 22.3. The van der Waals surface area contributed by atoms with Gasteiger partial charge in [-0.2, -0.15) is 0 Å². The van der Waals surface area contributed by atoms with Crippen LogP contribution in [0.2, 0.25) is 0 Å². The molecule has 0 radical (unpaired) electrons. The molecule has 4 saturated heterocycles. The van der Waals surface area contributed by atoms with Gasteiger partial charge in [-0.3, -0.25) is 0 Å². The first-order valence-electron chi connectivity index (χ1n) is 12.3. The molecule has 176 valence electrons. The number of fused-ring (bicyclic) bond motifs is 2. The maximum Gasteiger partial charge on any atom is 0.338 e. The van der Waals surface area contributed by atoms with Crippen LogP contribution in [0.4, 0.5) is 0 Å². The van der Waals surface area contributed by atoms with Crippen LogP contribution >= 0.6 is 0 Å². The van der Waals surface area contributed by atoms with Crippen LogP contribution in [0.25, 0.3) is 0 Å². The lowest BCUT2D eigenvalue weighted by atomic mass is 9.57. The highest BCUT2D eigenvalue weighted by Gasteiger charge is 2.69. The Hall–Kier alpha value is -1.47. The topological polar surface area (TPSA) is 63.2 Å². The Balaban J connectivity index is 1.25. The third-order valence-electron chi connectivity index (χ3n) is 8.53. The summed E-state index contributed by atoms with van der Waals surface area (Å²) in [7, 11) is 0. The Morgan fingerprint density at radius 1 is 1.12 bits per heavy atom. The van der Waals surface area contributed by atoms with E-state index < -0.39 is 17.7 Å². The van der Waals surface area contributed by atoms with Crippen LogP contribution in [0.3, 0.4) is 0 Å². The molecular weight excluding hydrogens is 408 g/mol. The second-order valence-electron chi connectivity index (χ2n) is 10.5. The van der Waals surface area contributed by atoms with Crippen molar-refractivity contribution in [3.05, 3.63) is 35.4 Å². The van der Waals surface area contributed by atoms with E-state index in [1.807, 2.05) is 38.1 Å². The summed E-state index contributed by atoms with van der Waals surface area (Å²) in [6.45, 7) is 8.87. The molecule has 2 bridgehead atoms. The third-order valence-corrected chi connectivity index (χ3v) is 8.53. The predicted molar refractivity (Wildman–Crippen MR) is 118 cm³/mol. The molecule has 1 spiro atoms. The highest BCUT2D eigenvalue weighted by molar-refractivity contribution is 5.90. The van der Waals surface area contributed by atoms with Gasteiger partial charge in [0.25, 0.3) is 0 Å². The molecule has 1 aromatic carbocycles. The maximum absolute atomic E-state index is 12.4. The van der Waals surface area contributed by atoms with Crippen LogP contribution < -0.4 is 0 Å². The Labute approximate surface area is 190 Å². The van der Waals surface area contributed by atoms with E-state index in [2.05, 4.69) is 13.8 Å². The number of aryl methyl sites for hydroxylation is 1. The van der Waals surface area contributed by atoms with Gasteiger partial charge < -0.3 is 14.2 Å². The van der Waals surface area contributed by atoms with Gasteiger partial charge in [-0.25, -0.2) is 14.6 Å². The van der Waals surface area contributed by atoms with Gasteiger partial charge >= 0.3 is 5.97 Å². The predicted octanol–water partition coefficient (Wildman–Crippen LogP) is 5.18. The fourth-order valence-electron chi connectivity index (χ4n) is 6.64. The fraction of sp³-hybridized carbons (Fsp3) is 0.731. The molecule has 5 aliphatic rings. The Morgan fingerprint density at radius 3 is 2.75 bits per heavy atom. The van der Waals surface area contributed by atoms with Crippen molar-refractivity contribution in [1.29, 1.82) is 0 Å². The monoisotopic (exact) mass is 444 g/mol. The first-order valence-corrected chi connectivity index (χ1v) is 12.3. The molecule has 32 heavy (non-hydrogen) atoms. The third kappa shape index (κ3) is 3.60. The Kier molecular flexibility index (Phi) is 5.85. The number of esters is 1. The lowest BCUT2D eigenvalue weighted by Crippen LogP contribution is -2.70. The molecule has 6 rings (SSSR count). The second-order valence-corrected chi connectivity index (χ2v) is 10.5. The SMILES string of the molecule is Cc1ccccc1C(=O)OCCC[C@H]1OC2O[C@@]3(C)CC[C@H]4[C@H](C)CC[C@@H]([C@H]1C)[C@@]24OO3. The summed E-state index contributed by atoms with van der Waals surface area (Å²) in [6.07, 6.45) is 5.39. The number of hydrogen-bond acceptors (Lipinski definition) is 6. The van der Waals surface area contributed by atoms with Gasteiger partial charge in [0.1, 0.15) is 0 Å². The molecule has 4 heterocycles. The van der Waals surface area contributed by atoms with Crippen molar-refractivity contribution in [2.45, 2.75) is 90.0 Å². The summed E-state index contributed by atoms with van der Waals surface area (Å²) in [6, 6.07) is 7.52. The number of carbonyl (C=O) groups is 1. The van der Waals surface area contributed by atoms with Gasteiger partial charge in [0.05, 0.1) is 18.3 Å². The summed E-state index contributed by atoms with van der Waals surface area (Å²) in [5.41, 5.74) is 1.05. The van der Waals surface area contributed by atoms with Crippen molar-refractivity contribution in [3.63, 3.8) is 0 Å². The molecule has 0 aromatic heterocycles. The molecular formula is C26H36O6. The van der Waals surface area contributed by atoms with Crippen LogP contribution in [-0.4, -0.2) is 36.4 Å². The number of rotatable bonds is 5. The molecule has 4 aliphatic heterocycles. The van der Waals surface area contributed by atoms with Gasteiger partial charge in [-0.15, -0.1) is 0 Å². The lowest BCUT2D eigenvalue weighted by Gasteiger charge is -2.60. The lowest BCUT2D eigenvalue weighted by molar-refractivity contribution is -0.571. The smallest absolute Gasteiger partial charge is 0.338 e. The Bertz CT molecular complexity index is 856. The molecule has 5 fully saturated rings. The van der Waals surface area contributed by atoms with Gasteiger partial charge in [0.15, 0.2) is 11.9 Å². The van der Waals surface area contributed by atoms with Crippen molar-refractivity contribution in [2.75, 3.05) is 6.61 Å². The van der Waals surface area contributed by atoms with Crippen LogP contribution in [-0.2, 0) is 24.0 Å². The minimum absolute atomic E-state index is 0.0494. The maximum atomic E-state index is 12.4. The highest BCUT2D eigenvalue weighted by atomic mass is 17.3. The number of ether oxygens (including phenoxy) is 3. The largest absolute Gasteiger partial charge is 0.462 e. The molecule has 8 atom stereocenters. The summed E-state index contributed by atoms with van der Waals surface area (Å²) in [5.74, 6) is 0.606. The minimum atomic E-state index is -0.744. The average Bonchev–Trinajstić information content (AvgIpc) is 3.00. The zero-order chi connectivity index (χ0) is 22.5. The van der Waals surface area contributed by atoms with E-state index in [4.69, 9.17) is 24.0 Å². The normalized spacial score (nSPS) is 42.8. The number of carbonyl (C=O) groups excluding carboxylic acids is 1. The zero-order valence-electron chi connectivity index (χ0n) is 19.7. The standard InChI is InChI=1S/C26H36O6/c1-16-8-5-6-9-19(16)23(27)28-15-7-10-22-18(3)21-12-11-17(2)20-13-14-25(4)30-24(29-22)26(20,21)32-31-25/h5-6,8-9,17-18,20-22,24H,7,10-15H2,1-4H3/t17-,18-,20+,21+,22-,24?,25-,26-/m1/s1. The molecule has 1 saturated carbocycles. The van der Waals surface area contributed by atoms with E-state index in [9.17, 15) is 4.79 Å². The molecule has 0 N–H and O–H groups in total. The van der Waals surface area contributed by atoms with Crippen molar-refractivity contribution in [2.24, 2.45) is 23.7 Å². The zero-order valence-corrected chi connectivity index (χ0v) is 19.7. The van der Waals surface area contributed by atoms with Crippen molar-refractivity contribution in [1.82, 2.24) is 0 Å². The summed E-state index contributed by atoms with van der Waals surface area (Å²) in [4.78, 5) is 24.5. The molecule has 6 heteroatoms. The van der Waals surface area contributed by atoms with Crippen LogP contribution in [0, 0.1) is 30.6 Å².